The monoisotopic (exact) mass is 275 g/mol. The van der Waals surface area contributed by atoms with Crippen LogP contribution in [0, 0.1) is 0 Å². The van der Waals surface area contributed by atoms with Gasteiger partial charge in [-0.2, -0.15) is 0 Å². The quantitative estimate of drug-likeness (QED) is 0.794. The van der Waals surface area contributed by atoms with Gasteiger partial charge < -0.3 is 10.6 Å². The van der Waals surface area contributed by atoms with Crippen LogP contribution in [0.2, 0.25) is 0 Å². The van der Waals surface area contributed by atoms with Crippen LogP contribution < -0.4 is 10.6 Å². The van der Waals surface area contributed by atoms with E-state index in [9.17, 15) is 4.79 Å². The fraction of sp³-hybridized carbons (Fsp3) is 0.286. The lowest BCUT2D eigenvalue weighted by molar-refractivity contribution is 0.0953. The highest BCUT2D eigenvalue weighted by atomic mass is 32.1. The third-order valence-corrected chi connectivity index (χ3v) is 3.31. The molecule has 0 bridgehead atoms. The predicted octanol–water partition coefficient (Wildman–Crippen LogP) is 3.42. The van der Waals surface area contributed by atoms with E-state index in [1.54, 1.807) is 6.20 Å². The van der Waals surface area contributed by atoms with Gasteiger partial charge in [0.25, 0.3) is 5.91 Å². The number of rotatable bonds is 6. The van der Waals surface area contributed by atoms with Crippen LogP contribution in [0.4, 0.5) is 10.8 Å². The van der Waals surface area contributed by atoms with Crippen molar-refractivity contribution < 1.29 is 4.79 Å². The number of benzene rings is 1. The Balaban J connectivity index is 2.00. The minimum absolute atomic E-state index is 0.0313. The van der Waals surface area contributed by atoms with E-state index in [0.717, 1.165) is 30.2 Å². The maximum absolute atomic E-state index is 11.9. The summed E-state index contributed by atoms with van der Waals surface area (Å²) in [5, 5.41) is 8.81. The molecule has 0 aliphatic carbocycles. The molecule has 1 heterocycles. The Hall–Kier alpha value is -1.88. The van der Waals surface area contributed by atoms with Crippen molar-refractivity contribution in [2.45, 2.75) is 19.8 Å². The summed E-state index contributed by atoms with van der Waals surface area (Å²) in [6.45, 7) is 2.82. The van der Waals surface area contributed by atoms with Crippen molar-refractivity contribution >= 4 is 28.1 Å². The van der Waals surface area contributed by atoms with Crippen LogP contribution in [0.15, 0.2) is 35.8 Å². The van der Waals surface area contributed by atoms with E-state index in [0.29, 0.717) is 5.56 Å². The fourth-order valence-electron chi connectivity index (χ4n) is 1.63. The molecule has 0 aliphatic rings. The van der Waals surface area contributed by atoms with Gasteiger partial charge in [-0.25, -0.2) is 4.98 Å². The molecule has 1 amide bonds. The Labute approximate surface area is 116 Å². The van der Waals surface area contributed by atoms with E-state index >= 15 is 0 Å². The van der Waals surface area contributed by atoms with Gasteiger partial charge in [-0.05, 0) is 24.6 Å². The van der Waals surface area contributed by atoms with Gasteiger partial charge in [-0.15, -0.1) is 11.3 Å². The molecule has 0 spiro atoms. The van der Waals surface area contributed by atoms with Crippen LogP contribution in [0.3, 0.4) is 0 Å². The molecule has 4 nitrogen and oxygen atoms in total. The second-order valence-corrected chi connectivity index (χ2v) is 5.05. The molecule has 0 aliphatic heterocycles. The Morgan fingerprint density at radius 1 is 1.42 bits per heavy atom. The van der Waals surface area contributed by atoms with Gasteiger partial charge in [0.05, 0.1) is 0 Å². The zero-order valence-electron chi connectivity index (χ0n) is 10.8. The van der Waals surface area contributed by atoms with Crippen LogP contribution in [-0.2, 0) is 0 Å². The highest BCUT2D eigenvalue weighted by Gasteiger charge is 2.05. The van der Waals surface area contributed by atoms with Gasteiger partial charge in [-0.1, -0.05) is 19.4 Å². The van der Waals surface area contributed by atoms with E-state index < -0.39 is 0 Å². The maximum atomic E-state index is 11.9. The number of thiazole rings is 1. The first-order chi connectivity index (χ1) is 9.29. The Morgan fingerprint density at radius 2 is 2.32 bits per heavy atom. The molecule has 100 valence electrons. The maximum Gasteiger partial charge on any atom is 0.251 e. The van der Waals surface area contributed by atoms with E-state index in [-0.39, 0.29) is 5.91 Å². The first-order valence-corrected chi connectivity index (χ1v) is 7.22. The molecule has 0 fully saturated rings. The number of carbonyl (C=O) groups is 1. The summed E-state index contributed by atoms with van der Waals surface area (Å²) in [4.78, 5) is 16.1. The number of anilines is 2. The highest BCUT2D eigenvalue weighted by Crippen LogP contribution is 2.19. The van der Waals surface area contributed by atoms with Gasteiger partial charge in [0.2, 0.25) is 0 Å². The minimum Gasteiger partial charge on any atom is -0.352 e. The van der Waals surface area contributed by atoms with Crippen LogP contribution in [-0.4, -0.2) is 17.4 Å². The number of aromatic nitrogens is 1. The second kappa shape index (κ2) is 6.89. The van der Waals surface area contributed by atoms with Crippen LogP contribution in [0.5, 0.6) is 0 Å². The molecule has 1 aromatic carbocycles. The van der Waals surface area contributed by atoms with Gasteiger partial charge in [-0.3, -0.25) is 4.79 Å². The third kappa shape index (κ3) is 4.06. The second-order valence-electron chi connectivity index (χ2n) is 4.15. The smallest absolute Gasteiger partial charge is 0.251 e. The largest absolute Gasteiger partial charge is 0.352 e. The summed E-state index contributed by atoms with van der Waals surface area (Å²) in [6, 6.07) is 7.44. The molecule has 0 saturated heterocycles. The predicted molar refractivity (Wildman–Crippen MR) is 79.1 cm³/mol. The molecule has 2 aromatic rings. The zero-order valence-corrected chi connectivity index (χ0v) is 11.7. The molecule has 1 aromatic heterocycles. The Bertz CT molecular complexity index is 525. The lowest BCUT2D eigenvalue weighted by Crippen LogP contribution is -2.24. The summed E-state index contributed by atoms with van der Waals surface area (Å²) < 4.78 is 0. The van der Waals surface area contributed by atoms with Gasteiger partial charge in [0.1, 0.15) is 0 Å². The van der Waals surface area contributed by atoms with Crippen molar-refractivity contribution in [1.82, 2.24) is 10.3 Å². The van der Waals surface area contributed by atoms with Crippen molar-refractivity contribution in [2.24, 2.45) is 0 Å². The average Bonchev–Trinajstić information content (AvgIpc) is 2.92. The van der Waals surface area contributed by atoms with Gasteiger partial charge >= 0.3 is 0 Å². The van der Waals surface area contributed by atoms with Crippen LogP contribution in [0.1, 0.15) is 30.1 Å². The van der Waals surface area contributed by atoms with Crippen molar-refractivity contribution in [2.75, 3.05) is 11.9 Å². The van der Waals surface area contributed by atoms with Crippen molar-refractivity contribution in [3.63, 3.8) is 0 Å². The minimum atomic E-state index is -0.0313. The molecule has 2 N–H and O–H groups in total. The van der Waals surface area contributed by atoms with E-state index in [4.69, 9.17) is 0 Å². The lowest BCUT2D eigenvalue weighted by Gasteiger charge is -2.07. The average molecular weight is 275 g/mol. The molecule has 0 saturated carbocycles. The van der Waals surface area contributed by atoms with Crippen molar-refractivity contribution in [3.8, 4) is 0 Å². The van der Waals surface area contributed by atoms with E-state index in [1.165, 1.54) is 11.3 Å². The summed E-state index contributed by atoms with van der Waals surface area (Å²) in [5.41, 5.74) is 1.54. The normalized spacial score (nSPS) is 10.2. The molecular formula is C14H17N3OS. The molecule has 0 atom stereocenters. The zero-order chi connectivity index (χ0) is 13.5. The Kier molecular flexibility index (Phi) is 4.92. The number of nitrogens with one attached hydrogen (secondary N) is 2. The lowest BCUT2D eigenvalue weighted by atomic mass is 10.2. The summed E-state index contributed by atoms with van der Waals surface area (Å²) in [7, 11) is 0. The Morgan fingerprint density at radius 3 is 3.05 bits per heavy atom. The van der Waals surface area contributed by atoms with E-state index in [1.807, 2.05) is 29.6 Å². The van der Waals surface area contributed by atoms with Crippen LogP contribution >= 0.6 is 11.3 Å². The standard InChI is InChI=1S/C14H17N3OS/c1-2-3-7-15-13(18)11-5-4-6-12(10-11)17-14-16-8-9-19-14/h4-6,8-10H,2-3,7H2,1H3,(H,15,18)(H,16,17). The number of amides is 1. The molecular weight excluding hydrogens is 258 g/mol. The summed E-state index contributed by atoms with van der Waals surface area (Å²) in [5.74, 6) is -0.0313. The molecule has 0 unspecified atom stereocenters. The van der Waals surface area contributed by atoms with Crippen molar-refractivity contribution in [3.05, 3.63) is 41.4 Å². The molecule has 0 radical (unpaired) electrons. The fourth-order valence-corrected chi connectivity index (χ4v) is 2.18. The molecule has 5 heteroatoms. The number of nitrogens with zero attached hydrogens (tertiary/aromatic N) is 1. The first-order valence-electron chi connectivity index (χ1n) is 6.34. The number of carbonyl (C=O) groups excluding carboxylic acids is 1. The number of hydrogen-bond acceptors (Lipinski definition) is 4. The SMILES string of the molecule is CCCCNC(=O)c1cccc(Nc2nccs2)c1. The molecule has 2 rings (SSSR count). The third-order valence-electron chi connectivity index (χ3n) is 2.62. The van der Waals surface area contributed by atoms with Gasteiger partial charge in [0, 0.05) is 29.4 Å². The van der Waals surface area contributed by atoms with Crippen molar-refractivity contribution in [1.29, 1.82) is 0 Å². The number of hydrogen-bond donors (Lipinski definition) is 2. The molecule has 19 heavy (non-hydrogen) atoms. The van der Waals surface area contributed by atoms with E-state index in [2.05, 4.69) is 22.5 Å². The first kappa shape index (κ1) is 13.5. The highest BCUT2D eigenvalue weighted by molar-refractivity contribution is 7.13. The number of unbranched alkanes of at least 4 members (excludes halogenated alkanes) is 1. The van der Waals surface area contributed by atoms with Gasteiger partial charge in [0.15, 0.2) is 5.13 Å². The summed E-state index contributed by atoms with van der Waals surface area (Å²) >= 11 is 1.53. The summed E-state index contributed by atoms with van der Waals surface area (Å²) in [6.07, 6.45) is 3.82. The van der Waals surface area contributed by atoms with Crippen LogP contribution in [0.25, 0.3) is 0 Å². The topological polar surface area (TPSA) is 54.0 Å².